The van der Waals surface area contributed by atoms with E-state index in [0.717, 1.165) is 55.6 Å². The standard InChI is InChI=1S/C33H26Cl2N4O2/c1-19-9-10-28-31(20(19)2)39-30-7-4-3-6-27(30)32(28)37-25-13-21(12-22(14-25)29-8-5-11-36-29)18-41-33(40)38-26-16-23(34)15-24(35)17-26/h3-17,36H,18H2,1-2H3,(H,37,39)(H,38,40). The summed E-state index contributed by atoms with van der Waals surface area (Å²) in [5.41, 5.74) is 9.22. The minimum atomic E-state index is -0.611. The second-order valence-electron chi connectivity index (χ2n) is 9.89. The van der Waals surface area contributed by atoms with E-state index in [9.17, 15) is 4.79 Å². The predicted octanol–water partition coefficient (Wildman–Crippen LogP) is 9.80. The molecule has 4 aromatic carbocycles. The molecule has 6 aromatic rings. The number of halogens is 2. The van der Waals surface area contributed by atoms with Crippen LogP contribution >= 0.6 is 23.2 Å². The van der Waals surface area contributed by atoms with Crippen LogP contribution in [0.2, 0.25) is 10.0 Å². The molecular formula is C33H26Cl2N4O2. The van der Waals surface area contributed by atoms with Crippen molar-refractivity contribution in [2.24, 2.45) is 0 Å². The van der Waals surface area contributed by atoms with Crippen molar-refractivity contribution in [2.75, 3.05) is 10.6 Å². The number of fused-ring (bicyclic) bond motifs is 2. The second-order valence-corrected chi connectivity index (χ2v) is 10.8. The van der Waals surface area contributed by atoms with Crippen molar-refractivity contribution in [2.45, 2.75) is 20.5 Å². The summed E-state index contributed by atoms with van der Waals surface area (Å²) in [6, 6.07) is 27.2. The number of para-hydroxylation sites is 1. The first-order valence-corrected chi connectivity index (χ1v) is 13.8. The van der Waals surface area contributed by atoms with Gasteiger partial charge in [0.25, 0.3) is 0 Å². The average molecular weight is 582 g/mol. The van der Waals surface area contributed by atoms with Gasteiger partial charge in [-0.05, 0) is 85.1 Å². The number of carbonyl (C=O) groups excluding carboxylic acids is 1. The molecule has 0 spiro atoms. The molecule has 2 heterocycles. The number of benzene rings is 4. The zero-order chi connectivity index (χ0) is 28.5. The second kappa shape index (κ2) is 11.2. The molecule has 0 saturated heterocycles. The van der Waals surface area contributed by atoms with Crippen LogP contribution in [0.1, 0.15) is 16.7 Å². The van der Waals surface area contributed by atoms with Gasteiger partial charge in [0.15, 0.2) is 0 Å². The van der Waals surface area contributed by atoms with Crippen LogP contribution in [0.15, 0.2) is 91.1 Å². The number of anilines is 3. The zero-order valence-electron chi connectivity index (χ0n) is 22.4. The third-order valence-electron chi connectivity index (χ3n) is 7.03. The Morgan fingerprint density at radius 3 is 2.46 bits per heavy atom. The van der Waals surface area contributed by atoms with Crippen molar-refractivity contribution in [1.82, 2.24) is 9.97 Å². The van der Waals surface area contributed by atoms with Crippen molar-refractivity contribution in [3.05, 3.63) is 118 Å². The number of hydrogen-bond acceptors (Lipinski definition) is 4. The van der Waals surface area contributed by atoms with Gasteiger partial charge in [0.2, 0.25) is 0 Å². The number of ether oxygens (including phenoxy) is 1. The predicted molar refractivity (Wildman–Crippen MR) is 169 cm³/mol. The van der Waals surface area contributed by atoms with Crippen molar-refractivity contribution in [1.29, 1.82) is 0 Å². The zero-order valence-corrected chi connectivity index (χ0v) is 23.9. The van der Waals surface area contributed by atoms with E-state index in [-0.39, 0.29) is 6.61 Å². The Hall–Kier alpha value is -4.52. The maximum atomic E-state index is 12.6. The summed E-state index contributed by atoms with van der Waals surface area (Å²) < 4.78 is 5.57. The molecule has 0 radical (unpaired) electrons. The van der Waals surface area contributed by atoms with Gasteiger partial charge in [-0.2, -0.15) is 0 Å². The van der Waals surface area contributed by atoms with Crippen LogP contribution in [0.25, 0.3) is 33.1 Å². The summed E-state index contributed by atoms with van der Waals surface area (Å²) in [4.78, 5) is 20.9. The molecule has 1 amide bonds. The van der Waals surface area contributed by atoms with Gasteiger partial charge >= 0.3 is 6.09 Å². The highest BCUT2D eigenvalue weighted by atomic mass is 35.5. The Morgan fingerprint density at radius 2 is 1.68 bits per heavy atom. The molecule has 0 fully saturated rings. The minimum absolute atomic E-state index is 0.0551. The van der Waals surface area contributed by atoms with E-state index in [1.165, 1.54) is 5.56 Å². The number of nitrogens with zero attached hydrogens (tertiary/aromatic N) is 1. The maximum absolute atomic E-state index is 12.6. The molecule has 0 saturated carbocycles. The molecule has 8 heteroatoms. The van der Waals surface area contributed by atoms with Crippen molar-refractivity contribution in [3.8, 4) is 11.3 Å². The van der Waals surface area contributed by atoms with Crippen LogP contribution in [-0.2, 0) is 11.3 Å². The minimum Gasteiger partial charge on any atom is -0.444 e. The lowest BCUT2D eigenvalue weighted by Crippen LogP contribution is -2.13. The molecule has 0 bridgehead atoms. The molecule has 0 aliphatic heterocycles. The molecule has 3 N–H and O–H groups in total. The number of aromatic amines is 1. The smallest absolute Gasteiger partial charge is 0.411 e. The lowest BCUT2D eigenvalue weighted by molar-refractivity contribution is 0.155. The molecular weight excluding hydrogens is 555 g/mol. The number of H-pyrrole nitrogens is 1. The average Bonchev–Trinajstić information content (AvgIpc) is 3.49. The number of amides is 1. The first-order valence-electron chi connectivity index (χ1n) is 13.1. The van der Waals surface area contributed by atoms with Crippen molar-refractivity contribution >= 4 is 68.2 Å². The summed E-state index contributed by atoms with van der Waals surface area (Å²) in [6.07, 6.45) is 1.27. The number of pyridine rings is 1. The van der Waals surface area contributed by atoms with Gasteiger partial charge < -0.3 is 15.0 Å². The lowest BCUT2D eigenvalue weighted by Gasteiger charge is -2.17. The van der Waals surface area contributed by atoms with Gasteiger partial charge in [-0.15, -0.1) is 0 Å². The highest BCUT2D eigenvalue weighted by Crippen LogP contribution is 2.36. The fourth-order valence-electron chi connectivity index (χ4n) is 4.92. The number of rotatable bonds is 6. The molecule has 6 rings (SSSR count). The molecule has 204 valence electrons. The van der Waals surface area contributed by atoms with E-state index in [0.29, 0.717) is 15.7 Å². The Bertz CT molecular complexity index is 1900. The van der Waals surface area contributed by atoms with E-state index in [2.05, 4.69) is 53.7 Å². The molecule has 0 unspecified atom stereocenters. The van der Waals surface area contributed by atoms with Crippen LogP contribution in [0, 0.1) is 13.8 Å². The fraction of sp³-hybridized carbons (Fsp3) is 0.0909. The molecule has 6 nitrogen and oxygen atoms in total. The van der Waals surface area contributed by atoms with Crippen LogP contribution < -0.4 is 10.6 Å². The van der Waals surface area contributed by atoms with E-state index >= 15 is 0 Å². The maximum Gasteiger partial charge on any atom is 0.411 e. The van der Waals surface area contributed by atoms with Gasteiger partial charge in [0.05, 0.1) is 16.7 Å². The van der Waals surface area contributed by atoms with E-state index in [1.54, 1.807) is 18.2 Å². The topological polar surface area (TPSA) is 79.0 Å². The van der Waals surface area contributed by atoms with Crippen LogP contribution in [0.3, 0.4) is 0 Å². The van der Waals surface area contributed by atoms with Crippen LogP contribution in [0.4, 0.5) is 21.9 Å². The summed E-state index contributed by atoms with van der Waals surface area (Å²) in [5, 5.41) is 9.26. The Labute approximate surface area is 247 Å². The fourth-order valence-corrected chi connectivity index (χ4v) is 5.44. The number of hydrogen-bond donors (Lipinski definition) is 3. The van der Waals surface area contributed by atoms with E-state index in [4.69, 9.17) is 32.9 Å². The molecule has 0 atom stereocenters. The largest absolute Gasteiger partial charge is 0.444 e. The Morgan fingerprint density at radius 1 is 0.878 bits per heavy atom. The summed E-state index contributed by atoms with van der Waals surface area (Å²) in [5.74, 6) is 0. The Kier molecular flexibility index (Phi) is 7.26. The van der Waals surface area contributed by atoms with E-state index in [1.807, 2.05) is 48.7 Å². The third kappa shape index (κ3) is 5.71. The van der Waals surface area contributed by atoms with Gasteiger partial charge in [0.1, 0.15) is 6.61 Å². The van der Waals surface area contributed by atoms with Crippen LogP contribution in [-0.4, -0.2) is 16.1 Å². The number of aromatic nitrogens is 2. The lowest BCUT2D eigenvalue weighted by atomic mass is 10.0. The van der Waals surface area contributed by atoms with E-state index < -0.39 is 6.09 Å². The number of carbonyl (C=O) groups is 1. The molecule has 0 aliphatic rings. The number of nitrogens with one attached hydrogen (secondary N) is 3. The summed E-state index contributed by atoms with van der Waals surface area (Å²) >= 11 is 12.1. The quantitative estimate of drug-likeness (QED) is 0.171. The van der Waals surface area contributed by atoms with Gasteiger partial charge in [-0.1, -0.05) is 53.5 Å². The first-order chi connectivity index (χ1) is 19.8. The summed E-state index contributed by atoms with van der Waals surface area (Å²) in [7, 11) is 0. The molecule has 0 aliphatic carbocycles. The SMILES string of the molecule is Cc1ccc2c(Nc3cc(COC(=O)Nc4cc(Cl)cc(Cl)c4)cc(-c4ccc[nH]4)c3)c3ccccc3nc2c1C. The monoisotopic (exact) mass is 580 g/mol. The third-order valence-corrected chi connectivity index (χ3v) is 7.46. The molecule has 2 aromatic heterocycles. The Balaban J connectivity index is 1.36. The number of aryl methyl sites for hydroxylation is 2. The summed E-state index contributed by atoms with van der Waals surface area (Å²) in [6.45, 7) is 4.26. The molecule has 41 heavy (non-hydrogen) atoms. The van der Waals surface area contributed by atoms with Gasteiger partial charge in [0, 0.05) is 49.6 Å². The first kappa shape index (κ1) is 26.7. The van der Waals surface area contributed by atoms with Crippen LogP contribution in [0.5, 0.6) is 0 Å². The van der Waals surface area contributed by atoms with Gasteiger partial charge in [-0.3, -0.25) is 5.32 Å². The normalized spacial score (nSPS) is 11.1. The van der Waals surface area contributed by atoms with Crippen molar-refractivity contribution in [3.63, 3.8) is 0 Å². The van der Waals surface area contributed by atoms with Gasteiger partial charge in [-0.25, -0.2) is 9.78 Å². The van der Waals surface area contributed by atoms with Crippen molar-refractivity contribution < 1.29 is 9.53 Å². The highest BCUT2D eigenvalue weighted by Gasteiger charge is 2.14. The highest BCUT2D eigenvalue weighted by molar-refractivity contribution is 6.35.